The second kappa shape index (κ2) is 10.3. The summed E-state index contributed by atoms with van der Waals surface area (Å²) in [6, 6.07) is 8.75. The Morgan fingerprint density at radius 3 is 2.41 bits per heavy atom. The fourth-order valence-electron chi connectivity index (χ4n) is 5.69. The quantitative estimate of drug-likeness (QED) is 0.675. The number of carbonyl (C=O) groups excluding carboxylic acids is 2. The Hall–Kier alpha value is -3.14. The van der Waals surface area contributed by atoms with Crippen molar-refractivity contribution in [1.82, 2.24) is 19.7 Å². The van der Waals surface area contributed by atoms with Crippen LogP contribution in [0.3, 0.4) is 0 Å². The van der Waals surface area contributed by atoms with Gasteiger partial charge in [-0.3, -0.25) is 14.5 Å². The highest BCUT2D eigenvalue weighted by Gasteiger charge is 2.46. The zero-order chi connectivity index (χ0) is 26.2. The average molecular weight is 516 g/mol. The molecule has 37 heavy (non-hydrogen) atoms. The normalized spacial score (nSPS) is 22.4. The predicted molar refractivity (Wildman–Crippen MR) is 133 cm³/mol. The molecule has 2 saturated heterocycles. The minimum Gasteiger partial charge on any atom is -0.359 e. The molecule has 5 rings (SSSR count). The Morgan fingerprint density at radius 2 is 1.70 bits per heavy atom. The number of nitrogens with zero attached hydrogens (tertiary/aromatic N) is 4. The molecule has 7 nitrogen and oxygen atoms in total. The highest BCUT2D eigenvalue weighted by Crippen LogP contribution is 2.31. The third-order valence-corrected chi connectivity index (χ3v) is 7.90. The molecule has 3 aliphatic rings. The molecule has 0 saturated carbocycles. The minimum absolute atomic E-state index is 0.0552. The number of rotatable bonds is 4. The molecule has 0 aliphatic carbocycles. The first-order chi connectivity index (χ1) is 17.7. The van der Waals surface area contributed by atoms with Crippen molar-refractivity contribution in [3.63, 3.8) is 0 Å². The number of fused-ring (bicyclic) bond motifs is 1. The van der Waals surface area contributed by atoms with Crippen LogP contribution in [-0.4, -0.2) is 82.2 Å². The number of pyridine rings is 1. The molecule has 2 aromatic rings. The first kappa shape index (κ1) is 25.5. The van der Waals surface area contributed by atoms with Crippen LogP contribution in [0.5, 0.6) is 0 Å². The molecule has 198 valence electrons. The number of amides is 2. The second-order valence-corrected chi connectivity index (χ2v) is 10.2. The monoisotopic (exact) mass is 515 g/mol. The van der Waals surface area contributed by atoms with Gasteiger partial charge < -0.3 is 15.1 Å². The van der Waals surface area contributed by atoms with Gasteiger partial charge in [0.1, 0.15) is 0 Å². The number of carbonyl (C=O) groups is 2. The summed E-state index contributed by atoms with van der Waals surface area (Å²) in [4.78, 5) is 33.7. The molecule has 1 unspecified atom stereocenters. The molecule has 3 aliphatic heterocycles. The smallest absolute Gasteiger partial charge is 0.285 e. The number of nitrogens with one attached hydrogen (secondary N) is 1. The summed E-state index contributed by atoms with van der Waals surface area (Å²) in [6.07, 6.45) is 3.82. The van der Waals surface area contributed by atoms with Crippen LogP contribution >= 0.6 is 0 Å². The Kier molecular flexibility index (Phi) is 7.11. The molecule has 1 atom stereocenters. The van der Waals surface area contributed by atoms with Crippen molar-refractivity contribution < 1.29 is 22.8 Å². The molecule has 4 heterocycles. The Labute approximate surface area is 214 Å². The summed E-state index contributed by atoms with van der Waals surface area (Å²) in [6.45, 7) is 3.55. The van der Waals surface area contributed by atoms with Gasteiger partial charge in [-0.05, 0) is 42.9 Å². The zero-order valence-corrected chi connectivity index (χ0v) is 20.9. The van der Waals surface area contributed by atoms with Crippen LogP contribution in [0.4, 0.5) is 19.0 Å². The number of halogens is 3. The van der Waals surface area contributed by atoms with Crippen molar-refractivity contribution in [2.45, 2.75) is 57.2 Å². The van der Waals surface area contributed by atoms with Crippen molar-refractivity contribution >= 4 is 17.6 Å². The summed E-state index contributed by atoms with van der Waals surface area (Å²) in [5.41, 5.74) is 2.57. The highest BCUT2D eigenvalue weighted by atomic mass is 19.3. The Bertz CT molecular complexity index is 1170. The van der Waals surface area contributed by atoms with Crippen LogP contribution in [0.25, 0.3) is 0 Å². The van der Waals surface area contributed by atoms with Crippen molar-refractivity contribution in [2.75, 3.05) is 38.0 Å². The maximum Gasteiger partial charge on any atom is 0.285 e. The number of benzene rings is 1. The molecule has 1 N–H and O–H groups in total. The van der Waals surface area contributed by atoms with Crippen molar-refractivity contribution in [2.24, 2.45) is 0 Å². The second-order valence-electron chi connectivity index (χ2n) is 10.2. The fourth-order valence-corrected chi connectivity index (χ4v) is 5.69. The summed E-state index contributed by atoms with van der Waals surface area (Å²) in [5.74, 6) is -5.43. The third kappa shape index (κ3) is 5.30. The first-order valence-electron chi connectivity index (χ1n) is 12.9. The summed E-state index contributed by atoms with van der Waals surface area (Å²) >= 11 is 0. The first-order valence-corrected chi connectivity index (χ1v) is 12.9. The van der Waals surface area contributed by atoms with Crippen molar-refractivity contribution in [3.8, 4) is 0 Å². The van der Waals surface area contributed by atoms with Crippen LogP contribution in [0.1, 0.15) is 47.7 Å². The average Bonchev–Trinajstić information content (AvgIpc) is 2.90. The SMILES string of the molecule is CC(=O)N1CCC(Nc2nccc(C(=O)N3CCC(N4CCc5ccccc5C4)CC3)c2F)C(F)(F)C1. The van der Waals surface area contributed by atoms with E-state index in [0.29, 0.717) is 19.1 Å². The lowest BCUT2D eigenvalue weighted by atomic mass is 9.95. The van der Waals surface area contributed by atoms with Crippen LogP contribution in [-0.2, 0) is 17.8 Å². The number of alkyl halides is 2. The van der Waals surface area contributed by atoms with Crippen LogP contribution in [0, 0.1) is 5.82 Å². The fraction of sp³-hybridized carbons (Fsp3) is 0.519. The lowest BCUT2D eigenvalue weighted by molar-refractivity contribution is -0.140. The van der Waals surface area contributed by atoms with Gasteiger partial charge in [0, 0.05) is 51.9 Å². The predicted octanol–water partition coefficient (Wildman–Crippen LogP) is 3.55. The van der Waals surface area contributed by atoms with Crippen molar-refractivity contribution in [3.05, 3.63) is 59.0 Å². The highest BCUT2D eigenvalue weighted by molar-refractivity contribution is 5.95. The summed E-state index contributed by atoms with van der Waals surface area (Å²) in [5, 5.41) is 2.50. The lowest BCUT2D eigenvalue weighted by Gasteiger charge is -2.40. The van der Waals surface area contributed by atoms with Crippen LogP contribution < -0.4 is 5.32 Å². The van der Waals surface area contributed by atoms with E-state index in [0.717, 1.165) is 37.3 Å². The number of hydrogen-bond donors (Lipinski definition) is 1. The molecule has 1 aromatic carbocycles. The van der Waals surface area contributed by atoms with Gasteiger partial charge in [-0.1, -0.05) is 24.3 Å². The van der Waals surface area contributed by atoms with Gasteiger partial charge in [-0.2, -0.15) is 0 Å². The van der Waals surface area contributed by atoms with Gasteiger partial charge in [0.25, 0.3) is 11.8 Å². The maximum absolute atomic E-state index is 15.3. The maximum atomic E-state index is 15.3. The van der Waals surface area contributed by atoms with Gasteiger partial charge in [-0.25, -0.2) is 18.2 Å². The molecule has 0 radical (unpaired) electrons. The molecule has 0 spiro atoms. The third-order valence-electron chi connectivity index (χ3n) is 7.90. The van der Waals surface area contributed by atoms with Gasteiger partial charge in [-0.15, -0.1) is 0 Å². The Balaban J connectivity index is 1.21. The zero-order valence-electron chi connectivity index (χ0n) is 20.9. The van der Waals surface area contributed by atoms with Gasteiger partial charge in [0.05, 0.1) is 18.2 Å². The molecular formula is C27H32F3N5O2. The van der Waals surface area contributed by atoms with E-state index in [4.69, 9.17) is 0 Å². The van der Waals surface area contributed by atoms with E-state index in [-0.39, 0.29) is 24.3 Å². The number of piperidine rings is 2. The molecule has 2 amide bonds. The van der Waals surface area contributed by atoms with Crippen LogP contribution in [0.15, 0.2) is 36.5 Å². The summed E-state index contributed by atoms with van der Waals surface area (Å²) < 4.78 is 44.6. The summed E-state index contributed by atoms with van der Waals surface area (Å²) in [7, 11) is 0. The lowest BCUT2D eigenvalue weighted by Crippen LogP contribution is -2.55. The van der Waals surface area contributed by atoms with Gasteiger partial charge in [0.15, 0.2) is 11.6 Å². The Morgan fingerprint density at radius 1 is 1.00 bits per heavy atom. The number of anilines is 1. The topological polar surface area (TPSA) is 68.8 Å². The van der Waals surface area contributed by atoms with E-state index < -0.39 is 36.1 Å². The molecule has 0 bridgehead atoms. The molecular weight excluding hydrogens is 483 g/mol. The standard InChI is InChI=1S/C27H32F3N5O2/c1-18(36)35-15-10-23(27(29,30)17-35)32-25-24(28)22(6-11-31-25)26(37)33-13-8-21(9-14-33)34-12-7-19-4-2-3-5-20(19)16-34/h2-6,11,21,23H,7-10,12-17H2,1H3,(H,31,32). The number of hydrogen-bond acceptors (Lipinski definition) is 5. The van der Waals surface area contributed by atoms with Gasteiger partial charge >= 0.3 is 0 Å². The molecule has 2 fully saturated rings. The number of likely N-dealkylation sites (tertiary alicyclic amines) is 2. The van der Waals surface area contributed by atoms with E-state index in [9.17, 15) is 18.4 Å². The number of aromatic nitrogens is 1. The van der Waals surface area contributed by atoms with E-state index in [1.165, 1.54) is 30.3 Å². The van der Waals surface area contributed by atoms with E-state index in [1.54, 1.807) is 4.90 Å². The van der Waals surface area contributed by atoms with Crippen molar-refractivity contribution in [1.29, 1.82) is 0 Å². The largest absolute Gasteiger partial charge is 0.359 e. The van der Waals surface area contributed by atoms with E-state index in [2.05, 4.69) is 39.5 Å². The van der Waals surface area contributed by atoms with E-state index in [1.807, 2.05) is 0 Å². The van der Waals surface area contributed by atoms with E-state index >= 15 is 4.39 Å². The van der Waals surface area contributed by atoms with Crippen LogP contribution in [0.2, 0.25) is 0 Å². The van der Waals surface area contributed by atoms with Gasteiger partial charge in [0.2, 0.25) is 5.91 Å². The molecule has 10 heteroatoms. The molecule has 1 aromatic heterocycles. The minimum atomic E-state index is -3.26.